The van der Waals surface area contributed by atoms with Gasteiger partial charge in [-0.3, -0.25) is 9.59 Å². The lowest BCUT2D eigenvalue weighted by molar-refractivity contribution is -0.144. The number of hydrogen-bond donors (Lipinski definition) is 1. The normalized spacial score (nSPS) is 20.2. The van der Waals surface area contributed by atoms with Crippen molar-refractivity contribution in [3.63, 3.8) is 0 Å². The summed E-state index contributed by atoms with van der Waals surface area (Å²) < 4.78 is 0. The van der Waals surface area contributed by atoms with Crippen LogP contribution in [0.15, 0.2) is 24.3 Å². The fourth-order valence-corrected chi connectivity index (χ4v) is 1.99. The summed E-state index contributed by atoms with van der Waals surface area (Å²) >= 11 is 5.82. The van der Waals surface area contributed by atoms with E-state index in [4.69, 9.17) is 16.7 Å². The summed E-state index contributed by atoms with van der Waals surface area (Å²) in [5.74, 6) is -2.34. The van der Waals surface area contributed by atoms with Gasteiger partial charge < -0.3 is 10.0 Å². The Kier molecular flexibility index (Phi) is 2.83. The highest BCUT2D eigenvalue weighted by Crippen LogP contribution is 2.27. The van der Waals surface area contributed by atoms with E-state index in [2.05, 4.69) is 0 Å². The molecule has 1 N–H and O–H groups in total. The number of carbonyl (C=O) groups excluding carboxylic acids is 1. The Bertz CT molecular complexity index is 447. The van der Waals surface area contributed by atoms with E-state index in [1.165, 1.54) is 4.90 Å². The van der Waals surface area contributed by atoms with E-state index in [1.807, 2.05) is 0 Å². The first-order valence-electron chi connectivity index (χ1n) is 4.89. The molecule has 2 rings (SSSR count). The summed E-state index contributed by atoms with van der Waals surface area (Å²) in [6, 6.07) is 6.84. The highest BCUT2D eigenvalue weighted by molar-refractivity contribution is 6.31. The Morgan fingerprint density at radius 2 is 2.25 bits per heavy atom. The van der Waals surface area contributed by atoms with Crippen LogP contribution in [0.4, 0.5) is 5.69 Å². The highest BCUT2D eigenvalue weighted by atomic mass is 35.5. The van der Waals surface area contributed by atoms with Crippen LogP contribution in [-0.2, 0) is 9.59 Å². The molecule has 84 valence electrons. The van der Waals surface area contributed by atoms with Gasteiger partial charge in [-0.05, 0) is 24.6 Å². The van der Waals surface area contributed by atoms with Gasteiger partial charge >= 0.3 is 5.97 Å². The van der Waals surface area contributed by atoms with Crippen LogP contribution in [0, 0.1) is 5.92 Å². The molecule has 1 saturated heterocycles. The van der Waals surface area contributed by atoms with Crippen molar-refractivity contribution in [3.05, 3.63) is 29.3 Å². The van der Waals surface area contributed by atoms with Gasteiger partial charge in [0.05, 0.1) is 0 Å². The standard InChI is InChI=1S/C11H10ClNO3/c12-7-2-1-3-8(6-7)13-5-4-9(10(13)14)11(15)16/h1-3,6,9H,4-5H2,(H,15,16)/t9-/m0/s1. The van der Waals surface area contributed by atoms with Gasteiger partial charge in [0.25, 0.3) is 0 Å². The molecule has 5 heteroatoms. The minimum Gasteiger partial charge on any atom is -0.481 e. The second kappa shape index (κ2) is 4.14. The van der Waals surface area contributed by atoms with Crippen molar-refractivity contribution >= 4 is 29.2 Å². The van der Waals surface area contributed by atoms with Gasteiger partial charge in [0.15, 0.2) is 0 Å². The van der Waals surface area contributed by atoms with E-state index in [0.29, 0.717) is 23.7 Å². The van der Waals surface area contributed by atoms with Crippen molar-refractivity contribution in [1.82, 2.24) is 0 Å². The van der Waals surface area contributed by atoms with Crippen LogP contribution in [0.3, 0.4) is 0 Å². The Balaban J connectivity index is 2.25. The first kappa shape index (κ1) is 11.0. The fourth-order valence-electron chi connectivity index (χ4n) is 1.81. The number of carboxylic acid groups (broad SMARTS) is 1. The van der Waals surface area contributed by atoms with E-state index in [0.717, 1.165) is 0 Å². The molecular formula is C11H10ClNO3. The number of anilines is 1. The average molecular weight is 240 g/mol. The first-order chi connectivity index (χ1) is 7.59. The maximum Gasteiger partial charge on any atom is 0.316 e. The molecule has 1 atom stereocenters. The van der Waals surface area contributed by atoms with Gasteiger partial charge in [0.1, 0.15) is 5.92 Å². The molecule has 0 aliphatic carbocycles. The van der Waals surface area contributed by atoms with Crippen LogP contribution in [0.5, 0.6) is 0 Å². The van der Waals surface area contributed by atoms with Crippen molar-refractivity contribution in [2.24, 2.45) is 5.92 Å². The molecule has 1 amide bonds. The third kappa shape index (κ3) is 1.88. The summed E-state index contributed by atoms with van der Waals surface area (Å²) in [6.07, 6.45) is 0.348. The summed E-state index contributed by atoms with van der Waals surface area (Å²) in [5, 5.41) is 9.36. The Morgan fingerprint density at radius 3 is 2.81 bits per heavy atom. The Morgan fingerprint density at radius 1 is 1.50 bits per heavy atom. The number of carbonyl (C=O) groups is 2. The molecule has 1 heterocycles. The minimum atomic E-state index is -1.06. The van der Waals surface area contributed by atoms with Gasteiger partial charge in [-0.2, -0.15) is 0 Å². The molecule has 0 spiro atoms. The molecular weight excluding hydrogens is 230 g/mol. The largest absolute Gasteiger partial charge is 0.481 e. The molecule has 4 nitrogen and oxygen atoms in total. The molecule has 0 unspecified atom stereocenters. The Hall–Kier alpha value is -1.55. The number of halogens is 1. The number of aliphatic carboxylic acids is 1. The van der Waals surface area contributed by atoms with Crippen LogP contribution in [0.1, 0.15) is 6.42 Å². The van der Waals surface area contributed by atoms with Crippen LogP contribution in [0.2, 0.25) is 5.02 Å². The molecule has 0 aromatic heterocycles. The van der Waals surface area contributed by atoms with Gasteiger partial charge in [0.2, 0.25) is 5.91 Å². The monoisotopic (exact) mass is 239 g/mol. The van der Waals surface area contributed by atoms with Crippen LogP contribution < -0.4 is 4.90 Å². The highest BCUT2D eigenvalue weighted by Gasteiger charge is 2.37. The smallest absolute Gasteiger partial charge is 0.316 e. The van der Waals surface area contributed by atoms with E-state index < -0.39 is 11.9 Å². The van der Waals surface area contributed by atoms with Crippen molar-refractivity contribution < 1.29 is 14.7 Å². The maximum atomic E-state index is 11.8. The van der Waals surface area contributed by atoms with Crippen LogP contribution in [0.25, 0.3) is 0 Å². The van der Waals surface area contributed by atoms with Crippen molar-refractivity contribution in [1.29, 1.82) is 0 Å². The van der Waals surface area contributed by atoms with Crippen molar-refractivity contribution in [3.8, 4) is 0 Å². The lowest BCUT2D eigenvalue weighted by Gasteiger charge is -2.16. The van der Waals surface area contributed by atoms with E-state index in [-0.39, 0.29) is 5.91 Å². The summed E-state index contributed by atoms with van der Waals surface area (Å²) in [6.45, 7) is 0.427. The third-order valence-electron chi connectivity index (χ3n) is 2.62. The second-order valence-corrected chi connectivity index (χ2v) is 4.09. The van der Waals surface area contributed by atoms with Crippen LogP contribution >= 0.6 is 11.6 Å². The van der Waals surface area contributed by atoms with E-state index >= 15 is 0 Å². The van der Waals surface area contributed by atoms with Crippen molar-refractivity contribution in [2.75, 3.05) is 11.4 Å². The molecule has 1 aliphatic heterocycles. The lowest BCUT2D eigenvalue weighted by atomic mass is 10.1. The third-order valence-corrected chi connectivity index (χ3v) is 2.86. The first-order valence-corrected chi connectivity index (χ1v) is 5.27. The van der Waals surface area contributed by atoms with Gasteiger partial charge in [-0.15, -0.1) is 0 Å². The molecule has 0 saturated carbocycles. The predicted octanol–water partition coefficient (Wildman–Crippen LogP) is 1.78. The average Bonchev–Trinajstić information content (AvgIpc) is 2.60. The summed E-state index contributed by atoms with van der Waals surface area (Å²) in [7, 11) is 0. The number of benzene rings is 1. The molecule has 1 aromatic rings. The zero-order valence-electron chi connectivity index (χ0n) is 8.39. The summed E-state index contributed by atoms with van der Waals surface area (Å²) in [5.41, 5.74) is 0.654. The summed E-state index contributed by atoms with van der Waals surface area (Å²) in [4.78, 5) is 24.0. The fraction of sp³-hybridized carbons (Fsp3) is 0.273. The number of nitrogens with zero attached hydrogens (tertiary/aromatic N) is 1. The van der Waals surface area contributed by atoms with E-state index in [1.54, 1.807) is 24.3 Å². The van der Waals surface area contributed by atoms with Gasteiger partial charge in [0, 0.05) is 17.3 Å². The number of carboxylic acids is 1. The Labute approximate surface area is 97.4 Å². The molecule has 1 fully saturated rings. The minimum absolute atomic E-state index is 0.348. The molecule has 1 aromatic carbocycles. The topological polar surface area (TPSA) is 57.6 Å². The maximum absolute atomic E-state index is 11.8. The number of rotatable bonds is 2. The lowest BCUT2D eigenvalue weighted by Crippen LogP contribution is -2.30. The molecule has 1 aliphatic rings. The molecule has 0 radical (unpaired) electrons. The van der Waals surface area contributed by atoms with Gasteiger partial charge in [-0.1, -0.05) is 17.7 Å². The SMILES string of the molecule is O=C(O)[C@H]1CCN(c2cccc(Cl)c2)C1=O. The van der Waals surface area contributed by atoms with E-state index in [9.17, 15) is 9.59 Å². The van der Waals surface area contributed by atoms with Gasteiger partial charge in [-0.25, -0.2) is 0 Å². The number of hydrogen-bond acceptors (Lipinski definition) is 2. The number of amides is 1. The molecule has 0 bridgehead atoms. The molecule has 16 heavy (non-hydrogen) atoms. The zero-order valence-corrected chi connectivity index (χ0v) is 9.15. The second-order valence-electron chi connectivity index (χ2n) is 3.65. The van der Waals surface area contributed by atoms with Crippen LogP contribution in [-0.4, -0.2) is 23.5 Å². The zero-order chi connectivity index (χ0) is 11.7. The van der Waals surface area contributed by atoms with Crippen molar-refractivity contribution in [2.45, 2.75) is 6.42 Å². The predicted molar refractivity (Wildman–Crippen MR) is 59.5 cm³/mol. The quantitative estimate of drug-likeness (QED) is 0.801.